The van der Waals surface area contributed by atoms with Crippen molar-refractivity contribution in [3.05, 3.63) is 24.3 Å². The number of carbonyl (C=O) groups is 2. The van der Waals surface area contributed by atoms with Crippen LogP contribution in [0.3, 0.4) is 0 Å². The maximum atomic E-state index is 12.3. The molecule has 0 spiro atoms. The Kier molecular flexibility index (Phi) is 23.9. The summed E-state index contributed by atoms with van der Waals surface area (Å²) in [5.74, 6) is -0.771. The molecule has 0 aromatic carbocycles. The molecule has 0 radical (unpaired) electrons. The summed E-state index contributed by atoms with van der Waals surface area (Å²) in [5, 5.41) is 8.69. The van der Waals surface area contributed by atoms with Crippen LogP contribution in [0.15, 0.2) is 24.3 Å². The molecule has 0 heterocycles. The third-order valence-electron chi connectivity index (χ3n) is 5.91. The monoisotopic (exact) mass is 464 g/mol. The second kappa shape index (κ2) is 25.1. The molecular formula is C29H52O4. The lowest BCUT2D eigenvalue weighted by atomic mass is 10.1. The van der Waals surface area contributed by atoms with Gasteiger partial charge in [0.05, 0.1) is 0 Å². The third-order valence-corrected chi connectivity index (χ3v) is 5.91. The molecular weight excluding hydrogens is 412 g/mol. The molecule has 0 aliphatic rings. The van der Waals surface area contributed by atoms with Gasteiger partial charge in [-0.15, -0.1) is 0 Å². The molecule has 0 aliphatic heterocycles. The van der Waals surface area contributed by atoms with Crippen LogP contribution in [-0.2, 0) is 14.3 Å². The first kappa shape index (κ1) is 31.4. The lowest BCUT2D eigenvalue weighted by Gasteiger charge is -2.14. The van der Waals surface area contributed by atoms with Crippen molar-refractivity contribution >= 4 is 11.9 Å². The number of carboxylic acid groups (broad SMARTS) is 1. The number of aliphatic carboxylic acids is 1. The molecule has 0 bridgehead atoms. The number of carboxylic acids is 1. The van der Waals surface area contributed by atoms with Crippen LogP contribution in [-0.4, -0.2) is 23.1 Å². The maximum Gasteiger partial charge on any atom is 0.306 e. The van der Waals surface area contributed by atoms with Gasteiger partial charge in [-0.25, -0.2) is 0 Å². The molecule has 0 rings (SSSR count). The number of unbranched alkanes of at least 4 members (excludes halogenated alkanes) is 13. The van der Waals surface area contributed by atoms with Crippen LogP contribution in [0.25, 0.3) is 0 Å². The average molecular weight is 465 g/mol. The molecule has 4 heteroatoms. The zero-order chi connectivity index (χ0) is 24.4. The quantitative estimate of drug-likeness (QED) is 0.0879. The Balaban J connectivity index is 4.24. The molecule has 0 saturated heterocycles. The summed E-state index contributed by atoms with van der Waals surface area (Å²) in [6, 6.07) is 0. The zero-order valence-corrected chi connectivity index (χ0v) is 21.7. The fourth-order valence-electron chi connectivity index (χ4n) is 3.84. The van der Waals surface area contributed by atoms with Crippen molar-refractivity contribution in [2.45, 2.75) is 148 Å². The van der Waals surface area contributed by atoms with E-state index in [4.69, 9.17) is 9.84 Å². The van der Waals surface area contributed by atoms with Gasteiger partial charge >= 0.3 is 11.9 Å². The number of ether oxygens (including phenoxy) is 1. The first-order valence-electron chi connectivity index (χ1n) is 13.8. The topological polar surface area (TPSA) is 63.6 Å². The summed E-state index contributed by atoms with van der Waals surface area (Å²) in [5.41, 5.74) is 0. The Hall–Kier alpha value is -1.58. The molecule has 192 valence electrons. The Morgan fingerprint density at radius 1 is 0.697 bits per heavy atom. The normalized spacial score (nSPS) is 12.5. The summed E-state index contributed by atoms with van der Waals surface area (Å²) in [4.78, 5) is 22.9. The molecule has 0 fully saturated rings. The highest BCUT2D eigenvalue weighted by Crippen LogP contribution is 2.14. The summed E-state index contributed by atoms with van der Waals surface area (Å²) >= 11 is 0. The van der Waals surface area contributed by atoms with Gasteiger partial charge in [0.1, 0.15) is 6.10 Å². The number of hydrogen-bond donors (Lipinski definition) is 1. The molecule has 1 N–H and O–H groups in total. The SMILES string of the molecule is CCCCC/C=C\C/C=C\C(CCCCCCCCC(=O)O)OC(=O)CCCCCCCC. The highest BCUT2D eigenvalue weighted by atomic mass is 16.5. The van der Waals surface area contributed by atoms with Crippen LogP contribution in [0.5, 0.6) is 0 Å². The first-order chi connectivity index (χ1) is 16.1. The van der Waals surface area contributed by atoms with E-state index in [0.717, 1.165) is 70.6 Å². The minimum Gasteiger partial charge on any atom is -0.481 e. The Morgan fingerprint density at radius 2 is 1.27 bits per heavy atom. The van der Waals surface area contributed by atoms with Crippen LogP contribution in [0.2, 0.25) is 0 Å². The van der Waals surface area contributed by atoms with Gasteiger partial charge in [-0.1, -0.05) is 103 Å². The van der Waals surface area contributed by atoms with Crippen LogP contribution in [0.4, 0.5) is 0 Å². The number of esters is 1. The smallest absolute Gasteiger partial charge is 0.306 e. The Bertz CT molecular complexity index is 510. The summed E-state index contributed by atoms with van der Waals surface area (Å²) in [6.45, 7) is 4.44. The number of hydrogen-bond acceptors (Lipinski definition) is 3. The van der Waals surface area contributed by atoms with Crippen molar-refractivity contribution in [2.75, 3.05) is 0 Å². The second-order valence-electron chi connectivity index (χ2n) is 9.23. The Morgan fingerprint density at radius 3 is 1.94 bits per heavy atom. The molecule has 0 aromatic heterocycles. The van der Waals surface area contributed by atoms with Crippen molar-refractivity contribution < 1.29 is 19.4 Å². The van der Waals surface area contributed by atoms with Crippen molar-refractivity contribution in [1.82, 2.24) is 0 Å². The molecule has 0 aromatic rings. The largest absolute Gasteiger partial charge is 0.481 e. The predicted molar refractivity (Wildman–Crippen MR) is 139 cm³/mol. The molecule has 4 nitrogen and oxygen atoms in total. The lowest BCUT2D eigenvalue weighted by Crippen LogP contribution is -2.16. The van der Waals surface area contributed by atoms with Crippen molar-refractivity contribution in [1.29, 1.82) is 0 Å². The molecule has 1 atom stereocenters. The molecule has 1 unspecified atom stereocenters. The molecule has 0 amide bonds. The van der Waals surface area contributed by atoms with E-state index in [-0.39, 0.29) is 18.5 Å². The number of allylic oxidation sites excluding steroid dienone is 3. The fourth-order valence-corrected chi connectivity index (χ4v) is 3.84. The van der Waals surface area contributed by atoms with Gasteiger partial charge < -0.3 is 9.84 Å². The van der Waals surface area contributed by atoms with E-state index in [1.807, 2.05) is 0 Å². The van der Waals surface area contributed by atoms with E-state index in [0.29, 0.717) is 6.42 Å². The van der Waals surface area contributed by atoms with Crippen LogP contribution >= 0.6 is 0 Å². The van der Waals surface area contributed by atoms with E-state index in [1.165, 1.54) is 44.9 Å². The first-order valence-corrected chi connectivity index (χ1v) is 13.8. The van der Waals surface area contributed by atoms with Crippen LogP contribution in [0, 0.1) is 0 Å². The van der Waals surface area contributed by atoms with E-state index in [1.54, 1.807) is 0 Å². The van der Waals surface area contributed by atoms with Gasteiger partial charge in [-0.05, 0) is 51.0 Å². The van der Waals surface area contributed by atoms with E-state index in [2.05, 4.69) is 38.2 Å². The summed E-state index contributed by atoms with van der Waals surface area (Å²) < 4.78 is 5.79. The van der Waals surface area contributed by atoms with Gasteiger partial charge in [0, 0.05) is 12.8 Å². The maximum absolute atomic E-state index is 12.3. The van der Waals surface area contributed by atoms with E-state index < -0.39 is 5.97 Å². The third kappa shape index (κ3) is 24.9. The number of rotatable bonds is 24. The summed E-state index contributed by atoms with van der Waals surface area (Å²) in [6.07, 6.45) is 29.1. The average Bonchev–Trinajstić information content (AvgIpc) is 2.79. The predicted octanol–water partition coefficient (Wildman–Crippen LogP) is 8.94. The minimum absolute atomic E-state index is 0.0658. The highest BCUT2D eigenvalue weighted by molar-refractivity contribution is 5.69. The minimum atomic E-state index is -0.705. The van der Waals surface area contributed by atoms with Gasteiger partial charge in [-0.3, -0.25) is 9.59 Å². The Labute approximate surface area is 204 Å². The molecule has 33 heavy (non-hydrogen) atoms. The van der Waals surface area contributed by atoms with E-state index >= 15 is 0 Å². The van der Waals surface area contributed by atoms with Crippen molar-refractivity contribution in [3.63, 3.8) is 0 Å². The van der Waals surface area contributed by atoms with Crippen molar-refractivity contribution in [3.8, 4) is 0 Å². The van der Waals surface area contributed by atoms with Gasteiger partial charge in [0.2, 0.25) is 0 Å². The van der Waals surface area contributed by atoms with Gasteiger partial charge in [-0.2, -0.15) is 0 Å². The molecule has 0 saturated carbocycles. The fraction of sp³-hybridized carbons (Fsp3) is 0.793. The van der Waals surface area contributed by atoms with Crippen LogP contribution in [0.1, 0.15) is 142 Å². The van der Waals surface area contributed by atoms with E-state index in [9.17, 15) is 9.59 Å². The highest BCUT2D eigenvalue weighted by Gasteiger charge is 2.11. The molecule has 0 aliphatic carbocycles. The zero-order valence-electron chi connectivity index (χ0n) is 21.7. The van der Waals surface area contributed by atoms with Gasteiger partial charge in [0.25, 0.3) is 0 Å². The summed E-state index contributed by atoms with van der Waals surface area (Å²) in [7, 11) is 0. The second-order valence-corrected chi connectivity index (χ2v) is 9.23. The van der Waals surface area contributed by atoms with Gasteiger partial charge in [0.15, 0.2) is 0 Å². The number of carbonyl (C=O) groups excluding carboxylic acids is 1. The van der Waals surface area contributed by atoms with Crippen molar-refractivity contribution in [2.24, 2.45) is 0 Å². The lowest BCUT2D eigenvalue weighted by molar-refractivity contribution is -0.147. The standard InChI is InChI=1S/C29H52O4/c1-3-5-7-9-11-12-15-19-23-27(24-20-16-13-14-17-21-25-28(30)31)33-29(32)26-22-18-10-8-6-4-2/h11-12,19,23,27H,3-10,13-18,20-22,24-26H2,1-2H3,(H,30,31)/b12-11-,23-19-. The van der Waals surface area contributed by atoms with Crippen LogP contribution < -0.4 is 0 Å².